The van der Waals surface area contributed by atoms with E-state index in [0.29, 0.717) is 16.4 Å². The molecule has 0 saturated carbocycles. The van der Waals surface area contributed by atoms with Crippen molar-refractivity contribution in [2.45, 2.75) is 0 Å². The third kappa shape index (κ3) is 2.58. The van der Waals surface area contributed by atoms with Crippen LogP contribution in [0.25, 0.3) is 6.08 Å². The average molecular weight is 233 g/mol. The van der Waals surface area contributed by atoms with Crippen LogP contribution in [0.3, 0.4) is 0 Å². The molecule has 3 nitrogen and oxygen atoms in total. The van der Waals surface area contributed by atoms with Crippen LogP contribution >= 0.6 is 11.6 Å². The molecule has 0 fully saturated rings. The summed E-state index contributed by atoms with van der Waals surface area (Å²) >= 11 is 5.79. The number of imidazole rings is 1. The van der Waals surface area contributed by atoms with Gasteiger partial charge in [0.05, 0.1) is 0 Å². The van der Waals surface area contributed by atoms with Gasteiger partial charge in [0.15, 0.2) is 5.78 Å². The molecule has 1 N–H and O–H groups in total. The number of nitrogens with one attached hydrogen (secondary N) is 1. The van der Waals surface area contributed by atoms with Gasteiger partial charge in [0.1, 0.15) is 5.82 Å². The highest BCUT2D eigenvalue weighted by molar-refractivity contribution is 6.31. The Hall–Kier alpha value is -1.87. The van der Waals surface area contributed by atoms with E-state index in [1.54, 1.807) is 42.7 Å². The van der Waals surface area contributed by atoms with Crippen molar-refractivity contribution in [3.63, 3.8) is 0 Å². The molecule has 0 spiro atoms. The van der Waals surface area contributed by atoms with E-state index in [2.05, 4.69) is 9.97 Å². The van der Waals surface area contributed by atoms with E-state index in [1.807, 2.05) is 0 Å². The maximum atomic E-state index is 11.7. The molecule has 0 aliphatic rings. The normalized spacial score (nSPS) is 10.8. The van der Waals surface area contributed by atoms with Gasteiger partial charge in [0.2, 0.25) is 0 Å². The molecule has 0 radical (unpaired) electrons. The quantitative estimate of drug-likeness (QED) is 0.653. The van der Waals surface area contributed by atoms with Gasteiger partial charge in [0.25, 0.3) is 0 Å². The Balaban J connectivity index is 2.15. The topological polar surface area (TPSA) is 45.8 Å². The van der Waals surface area contributed by atoms with E-state index >= 15 is 0 Å². The van der Waals surface area contributed by atoms with Crippen molar-refractivity contribution in [3.05, 3.63) is 59.1 Å². The second-order valence-corrected chi connectivity index (χ2v) is 3.62. The minimum Gasteiger partial charge on any atom is -0.345 e. The first-order valence-corrected chi connectivity index (χ1v) is 5.11. The molecule has 0 atom stereocenters. The van der Waals surface area contributed by atoms with Gasteiger partial charge in [0, 0.05) is 23.0 Å². The number of H-pyrrole nitrogens is 1. The lowest BCUT2D eigenvalue weighted by Gasteiger charge is -1.95. The molecule has 4 heteroatoms. The van der Waals surface area contributed by atoms with Crippen LogP contribution in [0.5, 0.6) is 0 Å². The van der Waals surface area contributed by atoms with Crippen molar-refractivity contribution in [1.29, 1.82) is 0 Å². The first-order valence-electron chi connectivity index (χ1n) is 4.73. The Morgan fingerprint density at radius 3 is 3.00 bits per heavy atom. The number of nitrogens with zero attached hydrogens (tertiary/aromatic N) is 1. The Morgan fingerprint density at radius 1 is 1.44 bits per heavy atom. The van der Waals surface area contributed by atoms with Crippen molar-refractivity contribution in [1.82, 2.24) is 9.97 Å². The summed E-state index contributed by atoms with van der Waals surface area (Å²) in [6, 6.07) is 6.84. The summed E-state index contributed by atoms with van der Waals surface area (Å²) in [5.74, 6) is 0.550. The third-order valence-electron chi connectivity index (χ3n) is 2.02. The molecule has 0 aliphatic heterocycles. The molecule has 1 heterocycles. The average Bonchev–Trinajstić information content (AvgIpc) is 2.78. The number of carbonyl (C=O) groups excluding carboxylic acids is 1. The minimum absolute atomic E-state index is 0.0982. The van der Waals surface area contributed by atoms with E-state index < -0.39 is 0 Å². The molecular formula is C12H9ClN2O. The van der Waals surface area contributed by atoms with Gasteiger partial charge in [-0.05, 0) is 24.3 Å². The molecule has 1 aromatic heterocycles. The molecule has 2 aromatic rings. The van der Waals surface area contributed by atoms with Crippen LogP contribution in [0, 0.1) is 0 Å². The van der Waals surface area contributed by atoms with E-state index in [9.17, 15) is 4.79 Å². The number of ketones is 1. The first kappa shape index (κ1) is 10.6. The second kappa shape index (κ2) is 4.77. The predicted molar refractivity (Wildman–Crippen MR) is 63.4 cm³/mol. The number of hydrogen-bond donors (Lipinski definition) is 1. The number of halogens is 1. The number of aromatic amines is 1. The zero-order valence-corrected chi connectivity index (χ0v) is 9.11. The molecule has 80 valence electrons. The summed E-state index contributed by atoms with van der Waals surface area (Å²) < 4.78 is 0. The maximum absolute atomic E-state index is 11.7. The molecule has 2 rings (SSSR count). The maximum Gasteiger partial charge on any atom is 0.186 e. The Morgan fingerprint density at radius 2 is 2.31 bits per heavy atom. The van der Waals surface area contributed by atoms with Gasteiger partial charge in [-0.15, -0.1) is 0 Å². The predicted octanol–water partition coefficient (Wildman–Crippen LogP) is 2.96. The van der Waals surface area contributed by atoms with Crippen LogP contribution in [0.1, 0.15) is 16.2 Å². The summed E-state index contributed by atoms with van der Waals surface area (Å²) in [7, 11) is 0. The zero-order chi connectivity index (χ0) is 11.4. The Kier molecular flexibility index (Phi) is 3.17. The number of rotatable bonds is 3. The van der Waals surface area contributed by atoms with Gasteiger partial charge in [-0.25, -0.2) is 4.98 Å². The smallest absolute Gasteiger partial charge is 0.186 e. The number of hydrogen-bond acceptors (Lipinski definition) is 2. The lowest BCUT2D eigenvalue weighted by Crippen LogP contribution is -1.93. The zero-order valence-electron chi connectivity index (χ0n) is 8.35. The molecule has 0 amide bonds. The molecule has 0 unspecified atom stereocenters. The summed E-state index contributed by atoms with van der Waals surface area (Å²) in [6.45, 7) is 0. The third-order valence-corrected chi connectivity index (χ3v) is 2.26. The van der Waals surface area contributed by atoms with Crippen LogP contribution in [-0.2, 0) is 0 Å². The SMILES string of the molecule is O=C(/C=C/c1ncc[nH]1)c1cccc(Cl)c1. The molecule has 0 aliphatic carbocycles. The minimum atomic E-state index is -0.0982. The Labute approximate surface area is 97.8 Å². The van der Waals surface area contributed by atoms with E-state index in [0.717, 1.165) is 0 Å². The molecule has 0 bridgehead atoms. The molecule has 0 saturated heterocycles. The van der Waals surface area contributed by atoms with E-state index in [-0.39, 0.29) is 5.78 Å². The second-order valence-electron chi connectivity index (χ2n) is 3.18. The van der Waals surface area contributed by atoms with Crippen LogP contribution < -0.4 is 0 Å². The summed E-state index contributed by atoms with van der Waals surface area (Å²) in [6.07, 6.45) is 6.42. The highest BCUT2D eigenvalue weighted by atomic mass is 35.5. The highest BCUT2D eigenvalue weighted by Crippen LogP contribution is 2.11. The fourth-order valence-corrected chi connectivity index (χ4v) is 1.45. The van der Waals surface area contributed by atoms with E-state index in [4.69, 9.17) is 11.6 Å². The monoisotopic (exact) mass is 232 g/mol. The Bertz CT molecular complexity index is 518. The van der Waals surface area contributed by atoms with Crippen LogP contribution in [0.15, 0.2) is 42.7 Å². The molecule has 1 aromatic carbocycles. The van der Waals surface area contributed by atoms with Crippen molar-refractivity contribution in [2.75, 3.05) is 0 Å². The standard InChI is InChI=1S/C12H9ClN2O/c13-10-3-1-2-9(8-10)11(16)4-5-12-14-6-7-15-12/h1-8H,(H,14,15)/b5-4+. The van der Waals surface area contributed by atoms with Gasteiger partial charge in [-0.3, -0.25) is 4.79 Å². The van der Waals surface area contributed by atoms with Gasteiger partial charge < -0.3 is 4.98 Å². The fourth-order valence-electron chi connectivity index (χ4n) is 1.26. The molecule has 16 heavy (non-hydrogen) atoms. The number of benzene rings is 1. The van der Waals surface area contributed by atoms with Crippen molar-refractivity contribution < 1.29 is 4.79 Å². The number of aromatic nitrogens is 2. The summed E-state index contributed by atoms with van der Waals surface area (Å²) in [4.78, 5) is 18.6. The van der Waals surface area contributed by atoms with Crippen LogP contribution in [0.2, 0.25) is 5.02 Å². The first-order chi connectivity index (χ1) is 7.75. The van der Waals surface area contributed by atoms with Gasteiger partial charge in [-0.2, -0.15) is 0 Å². The van der Waals surface area contributed by atoms with Gasteiger partial charge >= 0.3 is 0 Å². The summed E-state index contributed by atoms with van der Waals surface area (Å²) in [5.41, 5.74) is 0.565. The van der Waals surface area contributed by atoms with Gasteiger partial charge in [-0.1, -0.05) is 23.7 Å². The van der Waals surface area contributed by atoms with Crippen molar-refractivity contribution >= 4 is 23.5 Å². The lowest BCUT2D eigenvalue weighted by molar-refractivity contribution is 0.104. The van der Waals surface area contributed by atoms with E-state index in [1.165, 1.54) is 6.08 Å². The number of carbonyl (C=O) groups is 1. The van der Waals surface area contributed by atoms with Crippen molar-refractivity contribution in [3.8, 4) is 0 Å². The molecular weight excluding hydrogens is 224 g/mol. The number of allylic oxidation sites excluding steroid dienone is 1. The van der Waals surface area contributed by atoms with Crippen LogP contribution in [0.4, 0.5) is 0 Å². The highest BCUT2D eigenvalue weighted by Gasteiger charge is 2.01. The summed E-state index contributed by atoms with van der Waals surface area (Å²) in [5, 5.41) is 0.553. The fraction of sp³-hybridized carbons (Fsp3) is 0. The lowest BCUT2D eigenvalue weighted by atomic mass is 10.1. The largest absolute Gasteiger partial charge is 0.345 e. The van der Waals surface area contributed by atoms with Crippen molar-refractivity contribution in [2.24, 2.45) is 0 Å². The van der Waals surface area contributed by atoms with Crippen LogP contribution in [-0.4, -0.2) is 15.8 Å².